The standard InChI is InChI=1S/C17H15FN2O/c18-13-5-1-11(2-6-13)10-19-14-7-8-16-15(9-14)20-17(21-16)12-3-4-12/h1-2,5-9,12,19H,3-4,10H2. The highest BCUT2D eigenvalue weighted by Gasteiger charge is 2.28. The van der Waals surface area contributed by atoms with E-state index in [4.69, 9.17) is 4.42 Å². The Balaban J connectivity index is 1.51. The van der Waals surface area contributed by atoms with Gasteiger partial charge in [-0.2, -0.15) is 0 Å². The van der Waals surface area contributed by atoms with Crippen molar-refractivity contribution in [3.63, 3.8) is 0 Å². The Labute approximate surface area is 121 Å². The van der Waals surface area contributed by atoms with Gasteiger partial charge in [0.1, 0.15) is 11.3 Å². The number of halogens is 1. The molecule has 3 nitrogen and oxygen atoms in total. The molecule has 4 heteroatoms. The lowest BCUT2D eigenvalue weighted by Crippen LogP contribution is -1.99. The second-order valence-corrected chi connectivity index (χ2v) is 5.49. The first kappa shape index (κ1) is 12.4. The minimum Gasteiger partial charge on any atom is -0.440 e. The van der Waals surface area contributed by atoms with Crippen LogP contribution in [0.2, 0.25) is 0 Å². The van der Waals surface area contributed by atoms with Crippen molar-refractivity contribution in [3.8, 4) is 0 Å². The molecule has 0 spiro atoms. The van der Waals surface area contributed by atoms with Gasteiger partial charge in [-0.1, -0.05) is 12.1 Å². The maximum atomic E-state index is 12.9. The molecule has 1 heterocycles. The highest BCUT2D eigenvalue weighted by atomic mass is 19.1. The van der Waals surface area contributed by atoms with Crippen molar-refractivity contribution >= 4 is 16.8 Å². The van der Waals surface area contributed by atoms with Crippen LogP contribution in [0.5, 0.6) is 0 Å². The van der Waals surface area contributed by atoms with Crippen LogP contribution in [0, 0.1) is 5.82 Å². The molecule has 0 unspecified atom stereocenters. The Bertz CT molecular complexity index is 775. The number of oxazole rings is 1. The second-order valence-electron chi connectivity index (χ2n) is 5.49. The third kappa shape index (κ3) is 2.61. The van der Waals surface area contributed by atoms with Gasteiger partial charge < -0.3 is 9.73 Å². The van der Waals surface area contributed by atoms with Crippen LogP contribution in [0.3, 0.4) is 0 Å². The molecule has 106 valence electrons. The van der Waals surface area contributed by atoms with E-state index in [0.717, 1.165) is 28.2 Å². The van der Waals surface area contributed by atoms with Crippen LogP contribution in [-0.4, -0.2) is 4.98 Å². The van der Waals surface area contributed by atoms with E-state index in [1.165, 1.54) is 25.0 Å². The normalized spacial score (nSPS) is 14.5. The van der Waals surface area contributed by atoms with Gasteiger partial charge in [-0.3, -0.25) is 0 Å². The minimum atomic E-state index is -0.213. The van der Waals surface area contributed by atoms with Crippen molar-refractivity contribution < 1.29 is 8.81 Å². The number of anilines is 1. The number of hydrogen-bond acceptors (Lipinski definition) is 3. The first-order chi connectivity index (χ1) is 10.3. The van der Waals surface area contributed by atoms with E-state index in [2.05, 4.69) is 10.3 Å². The molecular formula is C17H15FN2O. The van der Waals surface area contributed by atoms with E-state index < -0.39 is 0 Å². The fourth-order valence-electron chi connectivity index (χ4n) is 2.37. The average molecular weight is 282 g/mol. The molecular weight excluding hydrogens is 267 g/mol. The number of hydrogen-bond donors (Lipinski definition) is 1. The van der Waals surface area contributed by atoms with E-state index in [9.17, 15) is 4.39 Å². The van der Waals surface area contributed by atoms with Gasteiger partial charge in [-0.25, -0.2) is 9.37 Å². The summed E-state index contributed by atoms with van der Waals surface area (Å²) >= 11 is 0. The number of fused-ring (bicyclic) bond motifs is 1. The van der Waals surface area contributed by atoms with Crippen LogP contribution in [0.25, 0.3) is 11.1 Å². The molecule has 2 aromatic carbocycles. The largest absolute Gasteiger partial charge is 0.440 e. The molecule has 1 aliphatic carbocycles. The summed E-state index contributed by atoms with van der Waals surface area (Å²) in [7, 11) is 0. The smallest absolute Gasteiger partial charge is 0.198 e. The quantitative estimate of drug-likeness (QED) is 0.768. The number of rotatable bonds is 4. The Morgan fingerprint density at radius 1 is 1.14 bits per heavy atom. The lowest BCUT2D eigenvalue weighted by molar-refractivity contribution is 0.533. The monoisotopic (exact) mass is 282 g/mol. The summed E-state index contributed by atoms with van der Waals surface area (Å²) in [6.45, 7) is 0.652. The molecule has 0 amide bonds. The molecule has 0 atom stereocenters. The Hall–Kier alpha value is -2.36. The number of benzene rings is 2. The van der Waals surface area contributed by atoms with Crippen molar-refractivity contribution in [1.82, 2.24) is 4.98 Å². The van der Waals surface area contributed by atoms with Crippen molar-refractivity contribution in [2.75, 3.05) is 5.32 Å². The summed E-state index contributed by atoms with van der Waals surface area (Å²) in [6.07, 6.45) is 2.37. The number of nitrogens with one attached hydrogen (secondary N) is 1. The third-order valence-corrected chi connectivity index (χ3v) is 3.74. The molecule has 4 rings (SSSR count). The highest BCUT2D eigenvalue weighted by Crippen LogP contribution is 2.40. The van der Waals surface area contributed by atoms with Crippen molar-refractivity contribution in [1.29, 1.82) is 0 Å². The second kappa shape index (κ2) is 4.88. The Morgan fingerprint density at radius 3 is 2.71 bits per heavy atom. The first-order valence-corrected chi connectivity index (χ1v) is 7.17. The van der Waals surface area contributed by atoms with Crippen LogP contribution in [0.1, 0.15) is 30.2 Å². The molecule has 3 aromatic rings. The molecule has 0 saturated heterocycles. The van der Waals surface area contributed by atoms with E-state index in [1.807, 2.05) is 18.2 Å². The van der Waals surface area contributed by atoms with E-state index in [1.54, 1.807) is 12.1 Å². The van der Waals surface area contributed by atoms with Crippen LogP contribution in [0.15, 0.2) is 46.9 Å². The van der Waals surface area contributed by atoms with Gasteiger partial charge in [0.15, 0.2) is 11.5 Å². The van der Waals surface area contributed by atoms with E-state index in [0.29, 0.717) is 12.5 Å². The van der Waals surface area contributed by atoms with Crippen molar-refractivity contribution in [3.05, 3.63) is 59.7 Å². The molecule has 0 bridgehead atoms. The summed E-state index contributed by atoms with van der Waals surface area (Å²) in [4.78, 5) is 4.55. The SMILES string of the molecule is Fc1ccc(CNc2ccc3oc(C4CC4)nc3c2)cc1. The molecule has 1 fully saturated rings. The topological polar surface area (TPSA) is 38.1 Å². The van der Waals surface area contributed by atoms with Crippen LogP contribution >= 0.6 is 0 Å². The fourth-order valence-corrected chi connectivity index (χ4v) is 2.37. The minimum absolute atomic E-state index is 0.213. The molecule has 0 radical (unpaired) electrons. The zero-order valence-corrected chi connectivity index (χ0v) is 11.5. The number of aromatic nitrogens is 1. The van der Waals surface area contributed by atoms with Gasteiger partial charge in [-0.15, -0.1) is 0 Å². The van der Waals surface area contributed by atoms with Gasteiger partial charge in [0, 0.05) is 18.2 Å². The molecule has 21 heavy (non-hydrogen) atoms. The number of nitrogens with zero attached hydrogens (tertiary/aromatic N) is 1. The lowest BCUT2D eigenvalue weighted by Gasteiger charge is -2.06. The zero-order valence-electron chi connectivity index (χ0n) is 11.5. The van der Waals surface area contributed by atoms with Crippen LogP contribution in [0.4, 0.5) is 10.1 Å². The molecule has 1 aromatic heterocycles. The van der Waals surface area contributed by atoms with Crippen molar-refractivity contribution in [2.24, 2.45) is 0 Å². The molecule has 1 saturated carbocycles. The Kier molecular flexibility index (Phi) is 2.88. The average Bonchev–Trinajstić information content (AvgIpc) is 3.26. The van der Waals surface area contributed by atoms with E-state index in [-0.39, 0.29) is 5.82 Å². The van der Waals surface area contributed by atoms with Crippen LogP contribution in [-0.2, 0) is 6.54 Å². The molecule has 1 N–H and O–H groups in total. The highest BCUT2D eigenvalue weighted by molar-refractivity contribution is 5.77. The predicted molar refractivity (Wildman–Crippen MR) is 79.7 cm³/mol. The van der Waals surface area contributed by atoms with Gasteiger partial charge >= 0.3 is 0 Å². The summed E-state index contributed by atoms with van der Waals surface area (Å²) in [5.41, 5.74) is 3.75. The van der Waals surface area contributed by atoms with Gasteiger partial charge in [0.2, 0.25) is 0 Å². The summed E-state index contributed by atoms with van der Waals surface area (Å²) < 4.78 is 18.6. The first-order valence-electron chi connectivity index (χ1n) is 7.17. The molecule has 0 aliphatic heterocycles. The Morgan fingerprint density at radius 2 is 1.95 bits per heavy atom. The van der Waals surface area contributed by atoms with Crippen molar-refractivity contribution in [2.45, 2.75) is 25.3 Å². The maximum absolute atomic E-state index is 12.9. The van der Waals surface area contributed by atoms with Gasteiger partial charge in [-0.05, 0) is 48.7 Å². The lowest BCUT2D eigenvalue weighted by atomic mass is 10.2. The third-order valence-electron chi connectivity index (χ3n) is 3.74. The maximum Gasteiger partial charge on any atom is 0.198 e. The zero-order chi connectivity index (χ0) is 14.2. The van der Waals surface area contributed by atoms with Gasteiger partial charge in [0.25, 0.3) is 0 Å². The summed E-state index contributed by atoms with van der Waals surface area (Å²) in [5.74, 6) is 1.17. The van der Waals surface area contributed by atoms with Crippen LogP contribution < -0.4 is 5.32 Å². The summed E-state index contributed by atoms with van der Waals surface area (Å²) in [5, 5.41) is 3.32. The summed E-state index contributed by atoms with van der Waals surface area (Å²) in [6, 6.07) is 12.4. The molecule has 1 aliphatic rings. The van der Waals surface area contributed by atoms with E-state index >= 15 is 0 Å². The predicted octanol–water partition coefficient (Wildman–Crippen LogP) is 4.46. The van der Waals surface area contributed by atoms with Gasteiger partial charge in [0.05, 0.1) is 0 Å². The fraction of sp³-hybridized carbons (Fsp3) is 0.235.